The van der Waals surface area contributed by atoms with Crippen LogP contribution in [-0.2, 0) is 11.3 Å². The van der Waals surface area contributed by atoms with Gasteiger partial charge in [0.05, 0.1) is 6.61 Å². The van der Waals surface area contributed by atoms with Gasteiger partial charge in [-0.3, -0.25) is 0 Å². The zero-order valence-electron chi connectivity index (χ0n) is 10.2. The third-order valence-electron chi connectivity index (χ3n) is 2.27. The van der Waals surface area contributed by atoms with Crippen molar-refractivity contribution in [3.05, 3.63) is 5.69 Å². The molecule has 1 heterocycles. The Bertz CT molecular complexity index is 278. The number of nitrogens with one attached hydrogen (secondary N) is 1. The first-order chi connectivity index (χ1) is 7.88. The minimum Gasteiger partial charge on any atom is -0.375 e. The number of nitrogens with zero attached hydrogens (tertiary/aromatic N) is 2. The SMILES string of the molecule is CCCCCCOCc1nnsc1NCC. The third-order valence-corrected chi connectivity index (χ3v) is 3.00. The average molecular weight is 243 g/mol. The van der Waals surface area contributed by atoms with Gasteiger partial charge >= 0.3 is 0 Å². The fourth-order valence-corrected chi connectivity index (χ4v) is 2.03. The monoisotopic (exact) mass is 243 g/mol. The normalized spacial score (nSPS) is 10.6. The van der Waals surface area contributed by atoms with Crippen LogP contribution in [-0.4, -0.2) is 22.7 Å². The van der Waals surface area contributed by atoms with Crippen molar-refractivity contribution >= 4 is 16.5 Å². The molecule has 16 heavy (non-hydrogen) atoms. The summed E-state index contributed by atoms with van der Waals surface area (Å²) >= 11 is 1.39. The molecule has 0 spiro atoms. The van der Waals surface area contributed by atoms with Crippen molar-refractivity contribution in [3.63, 3.8) is 0 Å². The van der Waals surface area contributed by atoms with Crippen molar-refractivity contribution in [1.29, 1.82) is 0 Å². The molecule has 0 fully saturated rings. The van der Waals surface area contributed by atoms with Crippen LogP contribution in [0.25, 0.3) is 0 Å². The van der Waals surface area contributed by atoms with Crippen LogP contribution in [0.15, 0.2) is 0 Å². The first kappa shape index (κ1) is 13.4. The van der Waals surface area contributed by atoms with Crippen molar-refractivity contribution in [2.75, 3.05) is 18.5 Å². The molecular weight excluding hydrogens is 222 g/mol. The molecule has 1 rings (SSSR count). The fraction of sp³-hybridized carbons (Fsp3) is 0.818. The van der Waals surface area contributed by atoms with E-state index >= 15 is 0 Å². The summed E-state index contributed by atoms with van der Waals surface area (Å²) in [6, 6.07) is 0. The van der Waals surface area contributed by atoms with Gasteiger partial charge < -0.3 is 10.1 Å². The van der Waals surface area contributed by atoms with Crippen molar-refractivity contribution in [3.8, 4) is 0 Å². The second-order valence-electron chi connectivity index (χ2n) is 3.69. The lowest BCUT2D eigenvalue weighted by Gasteiger charge is -2.04. The van der Waals surface area contributed by atoms with Crippen LogP contribution in [0.4, 0.5) is 5.00 Å². The topological polar surface area (TPSA) is 47.0 Å². The standard InChI is InChI=1S/C11H21N3OS/c1-3-5-6-7-8-15-9-10-11(12-4-2)16-14-13-10/h12H,3-9H2,1-2H3. The molecule has 0 bridgehead atoms. The van der Waals surface area contributed by atoms with Crippen LogP contribution in [0.3, 0.4) is 0 Å². The Morgan fingerprint density at radius 3 is 2.88 bits per heavy atom. The predicted molar refractivity (Wildman–Crippen MR) is 67.9 cm³/mol. The van der Waals surface area contributed by atoms with Gasteiger partial charge in [-0.1, -0.05) is 30.7 Å². The van der Waals surface area contributed by atoms with Crippen LogP contribution < -0.4 is 5.32 Å². The van der Waals surface area contributed by atoms with Gasteiger partial charge in [0, 0.05) is 24.7 Å². The Hall–Kier alpha value is -0.680. The molecule has 0 radical (unpaired) electrons. The van der Waals surface area contributed by atoms with E-state index in [2.05, 4.69) is 28.8 Å². The Kier molecular flexibility index (Phi) is 7.09. The van der Waals surface area contributed by atoms with Gasteiger partial charge in [0.25, 0.3) is 0 Å². The fourth-order valence-electron chi connectivity index (χ4n) is 1.40. The molecule has 0 atom stereocenters. The second-order valence-corrected chi connectivity index (χ2v) is 4.45. The molecule has 0 unspecified atom stereocenters. The number of aromatic nitrogens is 2. The van der Waals surface area contributed by atoms with Gasteiger partial charge in [-0.2, -0.15) is 0 Å². The van der Waals surface area contributed by atoms with Gasteiger partial charge in [-0.05, 0) is 13.3 Å². The highest BCUT2D eigenvalue weighted by Gasteiger charge is 2.06. The summed E-state index contributed by atoms with van der Waals surface area (Å²) in [5.41, 5.74) is 0.933. The maximum absolute atomic E-state index is 5.58. The molecule has 0 aromatic carbocycles. The van der Waals surface area contributed by atoms with E-state index in [1.54, 1.807) is 0 Å². The molecule has 0 amide bonds. The van der Waals surface area contributed by atoms with Crippen molar-refractivity contribution in [1.82, 2.24) is 9.59 Å². The van der Waals surface area contributed by atoms with Crippen molar-refractivity contribution in [2.24, 2.45) is 0 Å². The molecule has 1 aromatic rings. The summed E-state index contributed by atoms with van der Waals surface area (Å²) in [7, 11) is 0. The Morgan fingerprint density at radius 1 is 1.25 bits per heavy atom. The van der Waals surface area contributed by atoms with Gasteiger partial charge in [-0.25, -0.2) is 0 Å². The zero-order valence-corrected chi connectivity index (χ0v) is 11.0. The lowest BCUT2D eigenvalue weighted by atomic mass is 10.2. The molecule has 0 saturated heterocycles. The molecule has 0 aliphatic carbocycles. The highest BCUT2D eigenvalue weighted by molar-refractivity contribution is 7.10. The van der Waals surface area contributed by atoms with Gasteiger partial charge in [0.1, 0.15) is 10.7 Å². The van der Waals surface area contributed by atoms with Crippen molar-refractivity contribution in [2.45, 2.75) is 46.1 Å². The molecular formula is C11H21N3OS. The van der Waals surface area contributed by atoms with Crippen LogP contribution in [0.5, 0.6) is 0 Å². The third kappa shape index (κ3) is 4.90. The van der Waals surface area contributed by atoms with Gasteiger partial charge in [0.15, 0.2) is 0 Å². The average Bonchev–Trinajstić information content (AvgIpc) is 2.72. The lowest BCUT2D eigenvalue weighted by molar-refractivity contribution is 0.114. The number of hydrogen-bond donors (Lipinski definition) is 1. The van der Waals surface area contributed by atoms with E-state index in [4.69, 9.17) is 4.74 Å². The molecule has 4 nitrogen and oxygen atoms in total. The van der Waals surface area contributed by atoms with Gasteiger partial charge in [0.2, 0.25) is 0 Å². The summed E-state index contributed by atoms with van der Waals surface area (Å²) in [4.78, 5) is 0. The van der Waals surface area contributed by atoms with E-state index in [1.807, 2.05) is 0 Å². The molecule has 92 valence electrons. The lowest BCUT2D eigenvalue weighted by Crippen LogP contribution is -2.01. The minimum atomic E-state index is 0.574. The summed E-state index contributed by atoms with van der Waals surface area (Å²) < 4.78 is 9.49. The smallest absolute Gasteiger partial charge is 0.135 e. The second kappa shape index (κ2) is 8.47. The quantitative estimate of drug-likeness (QED) is 0.677. The maximum Gasteiger partial charge on any atom is 0.135 e. The first-order valence-corrected chi connectivity index (χ1v) is 6.78. The van der Waals surface area contributed by atoms with Crippen LogP contribution in [0, 0.1) is 0 Å². The largest absolute Gasteiger partial charge is 0.375 e. The molecule has 0 aliphatic heterocycles. The highest BCUT2D eigenvalue weighted by Crippen LogP contribution is 2.18. The number of unbranched alkanes of at least 4 members (excludes halogenated alkanes) is 3. The van der Waals surface area contributed by atoms with E-state index in [-0.39, 0.29) is 0 Å². The Balaban J connectivity index is 2.13. The summed E-state index contributed by atoms with van der Waals surface area (Å²) in [6.45, 7) is 6.57. The summed E-state index contributed by atoms with van der Waals surface area (Å²) in [6.07, 6.45) is 4.96. The number of anilines is 1. The van der Waals surface area contributed by atoms with E-state index < -0.39 is 0 Å². The number of hydrogen-bond acceptors (Lipinski definition) is 5. The summed E-state index contributed by atoms with van der Waals surface area (Å²) in [5, 5.41) is 8.32. The molecule has 1 N–H and O–H groups in total. The van der Waals surface area contributed by atoms with E-state index in [1.165, 1.54) is 30.8 Å². The zero-order chi connectivity index (χ0) is 11.6. The van der Waals surface area contributed by atoms with Crippen molar-refractivity contribution < 1.29 is 4.74 Å². The molecule has 0 aliphatic rings. The number of rotatable bonds is 9. The van der Waals surface area contributed by atoms with E-state index in [0.29, 0.717) is 6.61 Å². The maximum atomic E-state index is 5.58. The number of ether oxygens (including phenoxy) is 1. The predicted octanol–water partition coefficient (Wildman–Crippen LogP) is 3.07. The minimum absolute atomic E-state index is 0.574. The van der Waals surface area contributed by atoms with Crippen LogP contribution in [0.1, 0.15) is 45.2 Å². The van der Waals surface area contributed by atoms with E-state index in [9.17, 15) is 0 Å². The Labute approximate surface area is 102 Å². The van der Waals surface area contributed by atoms with Crippen LogP contribution >= 0.6 is 11.5 Å². The molecule has 1 aromatic heterocycles. The highest BCUT2D eigenvalue weighted by atomic mass is 32.1. The van der Waals surface area contributed by atoms with Crippen LogP contribution in [0.2, 0.25) is 0 Å². The van der Waals surface area contributed by atoms with E-state index in [0.717, 1.165) is 30.3 Å². The molecule has 5 heteroatoms. The first-order valence-electron chi connectivity index (χ1n) is 6.01. The Morgan fingerprint density at radius 2 is 2.12 bits per heavy atom. The van der Waals surface area contributed by atoms with Gasteiger partial charge in [-0.15, -0.1) is 5.10 Å². The summed E-state index contributed by atoms with van der Waals surface area (Å²) in [5.74, 6) is 0. The molecule has 0 saturated carbocycles.